The Hall–Kier alpha value is -1.02. The SMILES string of the molecule is CN(C)c1ccc(C(C)(C)O)cc1. The van der Waals surface area contributed by atoms with E-state index in [2.05, 4.69) is 0 Å². The predicted octanol–water partition coefficient (Wildman–Crippen LogP) is 1.98. The third-order valence-corrected chi connectivity index (χ3v) is 2.09. The second-order valence-corrected chi connectivity index (χ2v) is 4.00. The van der Waals surface area contributed by atoms with Crippen LogP contribution >= 0.6 is 0 Å². The van der Waals surface area contributed by atoms with E-state index in [0.29, 0.717) is 0 Å². The smallest absolute Gasteiger partial charge is 0.0840 e. The Morgan fingerprint density at radius 3 is 1.85 bits per heavy atom. The summed E-state index contributed by atoms with van der Waals surface area (Å²) in [7, 11) is 4.00. The Labute approximate surface area is 79.8 Å². The normalized spacial score (nSPS) is 11.5. The van der Waals surface area contributed by atoms with Crippen molar-refractivity contribution in [1.29, 1.82) is 0 Å². The van der Waals surface area contributed by atoms with Gasteiger partial charge in [0, 0.05) is 19.8 Å². The summed E-state index contributed by atoms with van der Waals surface area (Å²) in [4.78, 5) is 2.04. The summed E-state index contributed by atoms with van der Waals surface area (Å²) in [6.07, 6.45) is 0. The largest absolute Gasteiger partial charge is 0.386 e. The van der Waals surface area contributed by atoms with Crippen molar-refractivity contribution in [2.75, 3.05) is 19.0 Å². The Kier molecular flexibility index (Phi) is 2.62. The van der Waals surface area contributed by atoms with Crippen LogP contribution in [0.2, 0.25) is 0 Å². The third-order valence-electron chi connectivity index (χ3n) is 2.09. The van der Waals surface area contributed by atoms with Crippen LogP contribution in [-0.2, 0) is 5.60 Å². The first kappa shape index (κ1) is 10.1. The molecule has 0 atom stereocenters. The molecule has 0 aromatic heterocycles. The highest BCUT2D eigenvalue weighted by Crippen LogP contribution is 2.21. The monoisotopic (exact) mass is 179 g/mol. The zero-order valence-electron chi connectivity index (χ0n) is 8.70. The molecule has 2 heteroatoms. The summed E-state index contributed by atoms with van der Waals surface area (Å²) in [5.74, 6) is 0. The molecule has 13 heavy (non-hydrogen) atoms. The highest BCUT2D eigenvalue weighted by Gasteiger charge is 2.14. The molecule has 0 heterocycles. The van der Waals surface area contributed by atoms with Gasteiger partial charge < -0.3 is 10.0 Å². The molecule has 2 nitrogen and oxygen atoms in total. The summed E-state index contributed by atoms with van der Waals surface area (Å²) < 4.78 is 0. The van der Waals surface area contributed by atoms with E-state index in [9.17, 15) is 5.11 Å². The minimum Gasteiger partial charge on any atom is -0.386 e. The van der Waals surface area contributed by atoms with Crippen molar-refractivity contribution in [3.8, 4) is 0 Å². The molecule has 0 radical (unpaired) electrons. The molecule has 72 valence electrons. The molecule has 0 aliphatic rings. The van der Waals surface area contributed by atoms with Gasteiger partial charge in [-0.2, -0.15) is 0 Å². The quantitative estimate of drug-likeness (QED) is 0.750. The van der Waals surface area contributed by atoms with Crippen LogP contribution in [0.5, 0.6) is 0 Å². The standard InChI is InChI=1S/C11H17NO/c1-11(2,13)9-5-7-10(8-6-9)12(3)4/h5-8,13H,1-4H3. The average Bonchev–Trinajstić information content (AvgIpc) is 2.03. The molecule has 0 bridgehead atoms. The van der Waals surface area contributed by atoms with E-state index in [4.69, 9.17) is 0 Å². The molecule has 1 N–H and O–H groups in total. The van der Waals surface area contributed by atoms with Gasteiger partial charge in [-0.15, -0.1) is 0 Å². The number of anilines is 1. The van der Waals surface area contributed by atoms with Crippen molar-refractivity contribution in [2.24, 2.45) is 0 Å². The second kappa shape index (κ2) is 3.38. The first-order chi connectivity index (χ1) is 5.91. The lowest BCUT2D eigenvalue weighted by atomic mass is 9.98. The number of aliphatic hydroxyl groups is 1. The van der Waals surface area contributed by atoms with Crippen molar-refractivity contribution in [1.82, 2.24) is 0 Å². The number of benzene rings is 1. The molecule has 0 saturated carbocycles. The first-order valence-electron chi connectivity index (χ1n) is 4.41. The minimum absolute atomic E-state index is 0.745. The van der Waals surface area contributed by atoms with Crippen molar-refractivity contribution < 1.29 is 5.11 Å². The predicted molar refractivity (Wildman–Crippen MR) is 56.0 cm³/mol. The fourth-order valence-corrected chi connectivity index (χ4v) is 1.17. The maximum absolute atomic E-state index is 9.70. The van der Waals surface area contributed by atoms with E-state index in [1.165, 1.54) is 0 Å². The maximum atomic E-state index is 9.70. The van der Waals surface area contributed by atoms with Crippen LogP contribution in [0.15, 0.2) is 24.3 Å². The van der Waals surface area contributed by atoms with Gasteiger partial charge in [-0.1, -0.05) is 12.1 Å². The van der Waals surface area contributed by atoms with Crippen LogP contribution < -0.4 is 4.90 Å². The molecular formula is C11H17NO. The van der Waals surface area contributed by atoms with Crippen molar-refractivity contribution in [2.45, 2.75) is 19.4 Å². The van der Waals surface area contributed by atoms with Crippen LogP contribution in [0.4, 0.5) is 5.69 Å². The summed E-state index contributed by atoms with van der Waals surface area (Å²) in [5, 5.41) is 9.70. The third kappa shape index (κ3) is 2.46. The molecule has 0 aliphatic carbocycles. The van der Waals surface area contributed by atoms with Crippen LogP contribution in [0, 0.1) is 0 Å². The van der Waals surface area contributed by atoms with Gasteiger partial charge in [-0.3, -0.25) is 0 Å². The Morgan fingerprint density at radius 1 is 1.08 bits per heavy atom. The molecule has 0 aliphatic heterocycles. The second-order valence-electron chi connectivity index (χ2n) is 4.00. The topological polar surface area (TPSA) is 23.5 Å². The summed E-state index contributed by atoms with van der Waals surface area (Å²) in [5.41, 5.74) is 1.34. The van der Waals surface area contributed by atoms with Gasteiger partial charge in [0.05, 0.1) is 5.60 Å². The number of hydrogen-bond donors (Lipinski definition) is 1. The van der Waals surface area contributed by atoms with E-state index < -0.39 is 5.60 Å². The summed E-state index contributed by atoms with van der Waals surface area (Å²) in [6.45, 7) is 3.58. The Bertz CT molecular complexity index is 269. The van der Waals surface area contributed by atoms with Crippen LogP contribution in [0.25, 0.3) is 0 Å². The molecule has 0 amide bonds. The Balaban J connectivity index is 2.94. The molecule has 0 unspecified atom stereocenters. The summed E-state index contributed by atoms with van der Waals surface area (Å²) in [6, 6.07) is 7.92. The fraction of sp³-hybridized carbons (Fsp3) is 0.455. The number of rotatable bonds is 2. The van der Waals surface area contributed by atoms with Crippen LogP contribution in [0.1, 0.15) is 19.4 Å². The van der Waals surface area contributed by atoms with Crippen molar-refractivity contribution in [3.63, 3.8) is 0 Å². The number of hydrogen-bond acceptors (Lipinski definition) is 2. The van der Waals surface area contributed by atoms with Gasteiger partial charge in [0.15, 0.2) is 0 Å². The molecule has 1 aromatic carbocycles. The zero-order chi connectivity index (χ0) is 10.1. The average molecular weight is 179 g/mol. The van der Waals surface area contributed by atoms with Gasteiger partial charge >= 0.3 is 0 Å². The van der Waals surface area contributed by atoms with Gasteiger partial charge in [0.25, 0.3) is 0 Å². The first-order valence-corrected chi connectivity index (χ1v) is 4.41. The fourth-order valence-electron chi connectivity index (χ4n) is 1.17. The lowest BCUT2D eigenvalue weighted by Gasteiger charge is -2.19. The van der Waals surface area contributed by atoms with Crippen LogP contribution in [-0.4, -0.2) is 19.2 Å². The van der Waals surface area contributed by atoms with E-state index in [1.54, 1.807) is 13.8 Å². The van der Waals surface area contributed by atoms with E-state index in [1.807, 2.05) is 43.3 Å². The summed E-state index contributed by atoms with van der Waals surface area (Å²) >= 11 is 0. The van der Waals surface area contributed by atoms with E-state index in [-0.39, 0.29) is 0 Å². The molecule has 0 spiro atoms. The highest BCUT2D eigenvalue weighted by molar-refractivity contribution is 5.46. The molecule has 0 fully saturated rings. The lowest BCUT2D eigenvalue weighted by Crippen LogP contribution is -2.16. The van der Waals surface area contributed by atoms with E-state index in [0.717, 1.165) is 11.3 Å². The van der Waals surface area contributed by atoms with Gasteiger partial charge in [0.1, 0.15) is 0 Å². The van der Waals surface area contributed by atoms with Gasteiger partial charge in [-0.05, 0) is 31.5 Å². The molecule has 1 aromatic rings. The minimum atomic E-state index is -0.745. The van der Waals surface area contributed by atoms with Crippen molar-refractivity contribution >= 4 is 5.69 Å². The lowest BCUT2D eigenvalue weighted by molar-refractivity contribution is 0.0786. The van der Waals surface area contributed by atoms with Gasteiger partial charge in [-0.25, -0.2) is 0 Å². The number of nitrogens with zero attached hydrogens (tertiary/aromatic N) is 1. The molecular weight excluding hydrogens is 162 g/mol. The van der Waals surface area contributed by atoms with Gasteiger partial charge in [0.2, 0.25) is 0 Å². The van der Waals surface area contributed by atoms with Crippen molar-refractivity contribution in [3.05, 3.63) is 29.8 Å². The molecule has 0 saturated heterocycles. The Morgan fingerprint density at radius 2 is 1.54 bits per heavy atom. The van der Waals surface area contributed by atoms with E-state index >= 15 is 0 Å². The van der Waals surface area contributed by atoms with Crippen LogP contribution in [0.3, 0.4) is 0 Å². The highest BCUT2D eigenvalue weighted by atomic mass is 16.3. The molecule has 1 rings (SSSR count). The zero-order valence-corrected chi connectivity index (χ0v) is 8.70. The maximum Gasteiger partial charge on any atom is 0.0840 e.